The summed E-state index contributed by atoms with van der Waals surface area (Å²) >= 11 is 0. The zero-order valence-electron chi connectivity index (χ0n) is 11.5. The van der Waals surface area contributed by atoms with Crippen molar-refractivity contribution in [1.82, 2.24) is 20.4 Å². The largest absolute Gasteiger partial charge is 0.337 e. The number of aromatic nitrogens is 2. The summed E-state index contributed by atoms with van der Waals surface area (Å²) in [5, 5.41) is 9.67. The molecule has 108 valence electrons. The number of aromatic amines is 1. The highest BCUT2D eigenvalue weighted by molar-refractivity contribution is 5.92. The molecule has 2 fully saturated rings. The molecule has 2 saturated heterocycles. The van der Waals surface area contributed by atoms with E-state index < -0.39 is 0 Å². The van der Waals surface area contributed by atoms with E-state index in [1.54, 1.807) is 0 Å². The van der Waals surface area contributed by atoms with Crippen molar-refractivity contribution in [1.29, 1.82) is 0 Å². The summed E-state index contributed by atoms with van der Waals surface area (Å²) in [7, 11) is 0. The van der Waals surface area contributed by atoms with Gasteiger partial charge in [-0.05, 0) is 44.2 Å². The number of nitrogens with zero attached hydrogens (tertiary/aromatic N) is 2. The summed E-state index contributed by atoms with van der Waals surface area (Å²) < 4.78 is 0. The first-order chi connectivity index (χ1) is 9.74. The fourth-order valence-corrected chi connectivity index (χ4v) is 3.24. The second-order valence-corrected chi connectivity index (χ2v) is 5.64. The maximum absolute atomic E-state index is 12.3. The Hall–Kier alpha value is -1.69. The fourth-order valence-electron chi connectivity index (χ4n) is 3.24. The number of rotatable bonds is 2. The van der Waals surface area contributed by atoms with Crippen molar-refractivity contribution in [2.45, 2.75) is 31.7 Å². The van der Waals surface area contributed by atoms with E-state index in [4.69, 9.17) is 0 Å². The molecule has 1 unspecified atom stereocenters. The molecule has 0 saturated carbocycles. The highest BCUT2D eigenvalue weighted by Gasteiger charge is 2.30. The first kappa shape index (κ1) is 13.3. The first-order valence-electron chi connectivity index (χ1n) is 7.32. The molecule has 0 radical (unpaired) electrons. The molecule has 1 amide bonds. The van der Waals surface area contributed by atoms with Gasteiger partial charge in [0, 0.05) is 25.2 Å². The smallest absolute Gasteiger partial charge is 0.274 e. The number of H-pyrrole nitrogens is 1. The van der Waals surface area contributed by atoms with Crippen LogP contribution < -0.4 is 10.9 Å². The minimum atomic E-state index is -0.285. The third kappa shape index (κ3) is 2.75. The van der Waals surface area contributed by atoms with Crippen molar-refractivity contribution in [3.8, 4) is 0 Å². The van der Waals surface area contributed by atoms with Gasteiger partial charge < -0.3 is 10.2 Å². The van der Waals surface area contributed by atoms with Gasteiger partial charge in [-0.3, -0.25) is 9.59 Å². The van der Waals surface area contributed by atoms with Crippen LogP contribution in [0.5, 0.6) is 0 Å². The van der Waals surface area contributed by atoms with Gasteiger partial charge in [0.25, 0.3) is 11.5 Å². The fraction of sp³-hybridized carbons (Fsp3) is 0.643. The van der Waals surface area contributed by atoms with E-state index in [1.165, 1.54) is 25.0 Å². The van der Waals surface area contributed by atoms with Crippen molar-refractivity contribution in [2.75, 3.05) is 19.6 Å². The Morgan fingerprint density at radius 2 is 2.05 bits per heavy atom. The Bertz CT molecular complexity index is 508. The number of piperidine rings is 1. The molecule has 0 aliphatic carbocycles. The van der Waals surface area contributed by atoms with Gasteiger partial charge in [-0.2, -0.15) is 5.10 Å². The quantitative estimate of drug-likeness (QED) is 0.818. The Morgan fingerprint density at radius 1 is 1.25 bits per heavy atom. The van der Waals surface area contributed by atoms with E-state index in [0.29, 0.717) is 17.7 Å². The molecule has 2 aliphatic heterocycles. The zero-order chi connectivity index (χ0) is 13.9. The summed E-state index contributed by atoms with van der Waals surface area (Å²) in [6, 6.07) is 3.47. The van der Waals surface area contributed by atoms with Gasteiger partial charge in [0.15, 0.2) is 0 Å². The van der Waals surface area contributed by atoms with Gasteiger partial charge in [0.1, 0.15) is 5.69 Å². The minimum absolute atomic E-state index is 0.0842. The molecule has 0 spiro atoms. The van der Waals surface area contributed by atoms with Crippen LogP contribution in [0.25, 0.3) is 0 Å². The number of amides is 1. The second-order valence-electron chi connectivity index (χ2n) is 5.64. The molecule has 20 heavy (non-hydrogen) atoms. The Labute approximate surface area is 117 Å². The summed E-state index contributed by atoms with van der Waals surface area (Å²) in [4.78, 5) is 25.1. The van der Waals surface area contributed by atoms with Gasteiger partial charge >= 0.3 is 0 Å². The Morgan fingerprint density at radius 3 is 2.65 bits per heavy atom. The van der Waals surface area contributed by atoms with Gasteiger partial charge in [-0.1, -0.05) is 0 Å². The zero-order valence-corrected chi connectivity index (χ0v) is 11.5. The first-order valence-corrected chi connectivity index (χ1v) is 7.32. The number of carbonyl (C=O) groups excluding carboxylic acids is 1. The molecule has 6 nitrogen and oxygen atoms in total. The molecule has 3 heterocycles. The molecular weight excluding hydrogens is 256 g/mol. The normalized spacial score (nSPS) is 24.0. The highest BCUT2D eigenvalue weighted by Crippen LogP contribution is 2.26. The summed E-state index contributed by atoms with van der Waals surface area (Å²) in [5.41, 5.74) is 0.0367. The lowest BCUT2D eigenvalue weighted by atomic mass is 9.88. The van der Waals surface area contributed by atoms with Crippen LogP contribution in [-0.2, 0) is 0 Å². The van der Waals surface area contributed by atoms with Crippen LogP contribution in [0.15, 0.2) is 16.9 Å². The van der Waals surface area contributed by atoms with Crippen LogP contribution in [0.1, 0.15) is 36.2 Å². The van der Waals surface area contributed by atoms with Crippen molar-refractivity contribution < 1.29 is 4.79 Å². The van der Waals surface area contributed by atoms with Crippen molar-refractivity contribution in [3.05, 3.63) is 28.2 Å². The van der Waals surface area contributed by atoms with Gasteiger partial charge in [-0.25, -0.2) is 5.10 Å². The molecule has 2 N–H and O–H groups in total. The standard InChI is InChI=1S/C14H20N4O2/c19-13-4-3-12(16-17-13)14(20)18-8-5-10(6-9-18)11-2-1-7-15-11/h3-4,10-11,15H,1-2,5-9H2,(H,17,19). The van der Waals surface area contributed by atoms with E-state index >= 15 is 0 Å². The van der Waals surface area contributed by atoms with Crippen LogP contribution >= 0.6 is 0 Å². The Kier molecular flexibility index (Phi) is 3.82. The Balaban J connectivity index is 1.58. The van der Waals surface area contributed by atoms with Gasteiger partial charge in [0.2, 0.25) is 0 Å². The molecule has 1 aromatic rings. The number of nitrogens with one attached hydrogen (secondary N) is 2. The molecular formula is C14H20N4O2. The average Bonchev–Trinajstić information content (AvgIpc) is 3.02. The topological polar surface area (TPSA) is 78.1 Å². The second kappa shape index (κ2) is 5.75. The molecule has 1 atom stereocenters. The maximum atomic E-state index is 12.3. The minimum Gasteiger partial charge on any atom is -0.337 e. The van der Waals surface area contributed by atoms with E-state index in [0.717, 1.165) is 32.5 Å². The number of likely N-dealkylation sites (tertiary alicyclic amines) is 1. The van der Waals surface area contributed by atoms with Crippen LogP contribution in [0.3, 0.4) is 0 Å². The van der Waals surface area contributed by atoms with Crippen molar-refractivity contribution in [2.24, 2.45) is 5.92 Å². The van der Waals surface area contributed by atoms with Gasteiger partial charge in [0.05, 0.1) is 0 Å². The van der Waals surface area contributed by atoms with Crippen LogP contribution in [0.2, 0.25) is 0 Å². The lowest BCUT2D eigenvalue weighted by Crippen LogP contribution is -2.43. The SMILES string of the molecule is O=C(c1ccc(=O)[nH]n1)N1CCC(C2CCCN2)CC1. The molecule has 3 rings (SSSR count). The van der Waals surface area contributed by atoms with E-state index in [2.05, 4.69) is 15.5 Å². The van der Waals surface area contributed by atoms with E-state index in [1.807, 2.05) is 4.90 Å². The predicted molar refractivity (Wildman–Crippen MR) is 74.5 cm³/mol. The molecule has 1 aromatic heterocycles. The summed E-state index contributed by atoms with van der Waals surface area (Å²) in [5.74, 6) is 0.601. The number of hydrogen-bond donors (Lipinski definition) is 2. The maximum Gasteiger partial charge on any atom is 0.274 e. The number of carbonyl (C=O) groups is 1. The monoisotopic (exact) mass is 276 g/mol. The van der Waals surface area contributed by atoms with E-state index in [9.17, 15) is 9.59 Å². The molecule has 0 aromatic carbocycles. The van der Waals surface area contributed by atoms with Crippen molar-refractivity contribution >= 4 is 5.91 Å². The highest BCUT2D eigenvalue weighted by atomic mass is 16.2. The third-order valence-electron chi connectivity index (χ3n) is 4.39. The third-order valence-corrected chi connectivity index (χ3v) is 4.39. The van der Waals surface area contributed by atoms with Crippen molar-refractivity contribution in [3.63, 3.8) is 0 Å². The molecule has 0 bridgehead atoms. The number of hydrogen-bond acceptors (Lipinski definition) is 4. The predicted octanol–water partition coefficient (Wildman–Crippen LogP) is 0.374. The lowest BCUT2D eigenvalue weighted by Gasteiger charge is -2.34. The van der Waals surface area contributed by atoms with Crippen LogP contribution in [0.4, 0.5) is 0 Å². The summed E-state index contributed by atoms with van der Waals surface area (Å²) in [6.07, 6.45) is 4.63. The lowest BCUT2D eigenvalue weighted by molar-refractivity contribution is 0.0667. The van der Waals surface area contributed by atoms with Crippen LogP contribution in [0, 0.1) is 5.92 Å². The van der Waals surface area contributed by atoms with E-state index in [-0.39, 0.29) is 11.5 Å². The molecule has 2 aliphatic rings. The van der Waals surface area contributed by atoms with Crippen LogP contribution in [-0.4, -0.2) is 46.7 Å². The average molecular weight is 276 g/mol. The summed E-state index contributed by atoms with van der Waals surface area (Å²) in [6.45, 7) is 2.69. The van der Waals surface area contributed by atoms with Gasteiger partial charge in [-0.15, -0.1) is 0 Å². The molecule has 6 heteroatoms.